The zero-order chi connectivity index (χ0) is 13.0. The van der Waals surface area contributed by atoms with E-state index in [-0.39, 0.29) is 5.75 Å². The van der Waals surface area contributed by atoms with Crippen LogP contribution in [0.4, 0.5) is 0 Å². The van der Waals surface area contributed by atoms with Crippen LogP contribution in [0.15, 0.2) is 42.7 Å². The summed E-state index contributed by atoms with van der Waals surface area (Å²) in [6, 6.07) is 8.92. The van der Waals surface area contributed by atoms with Crippen LogP contribution >= 0.6 is 0 Å². The largest absolute Gasteiger partial charge is 0.707 e. The molecule has 2 aromatic rings. The topological polar surface area (TPSA) is 71.8 Å². The Kier molecular flexibility index (Phi) is 3.81. The molecule has 0 radical (unpaired) electrons. The van der Waals surface area contributed by atoms with Crippen molar-refractivity contribution in [2.75, 3.05) is 7.11 Å². The lowest BCUT2D eigenvalue weighted by molar-refractivity contribution is 0.279. The second kappa shape index (κ2) is 5.53. The molecule has 92 valence electrons. The second-order valence-electron chi connectivity index (χ2n) is 3.55. The van der Waals surface area contributed by atoms with E-state index in [0.29, 0.717) is 5.75 Å². The minimum absolute atomic E-state index is 0.266. The number of ether oxygens (including phenoxy) is 1. The first-order valence-corrected chi connectivity index (χ1v) is 5.32. The van der Waals surface area contributed by atoms with E-state index in [0.717, 1.165) is 11.1 Å². The van der Waals surface area contributed by atoms with Gasteiger partial charge in [0.05, 0.1) is 7.11 Å². The van der Waals surface area contributed by atoms with Crippen LogP contribution in [0.25, 0.3) is 11.1 Å². The standard InChI is InChI=1S/C12H12BNO4/c1-17-11-3-2-10(8-12(11)18-13(15)16)9-4-6-14-7-5-9/h2-8,15-16H,1H3. The number of rotatable bonds is 4. The van der Waals surface area contributed by atoms with Crippen LogP contribution in [0, 0.1) is 0 Å². The van der Waals surface area contributed by atoms with Gasteiger partial charge >= 0.3 is 7.32 Å². The van der Waals surface area contributed by atoms with Gasteiger partial charge < -0.3 is 19.4 Å². The SMILES string of the molecule is COc1ccc(-c2ccncc2)cc1OB(O)O. The highest BCUT2D eigenvalue weighted by Gasteiger charge is 2.15. The Hall–Kier alpha value is -2.05. The van der Waals surface area contributed by atoms with Gasteiger partial charge in [-0.05, 0) is 35.4 Å². The van der Waals surface area contributed by atoms with E-state index in [1.165, 1.54) is 7.11 Å². The second-order valence-corrected chi connectivity index (χ2v) is 3.55. The fourth-order valence-electron chi connectivity index (χ4n) is 1.61. The zero-order valence-electron chi connectivity index (χ0n) is 9.78. The van der Waals surface area contributed by atoms with Gasteiger partial charge in [-0.1, -0.05) is 6.07 Å². The van der Waals surface area contributed by atoms with Crippen LogP contribution in [0.2, 0.25) is 0 Å². The van der Waals surface area contributed by atoms with Crippen molar-refractivity contribution in [2.45, 2.75) is 0 Å². The van der Waals surface area contributed by atoms with Crippen LogP contribution < -0.4 is 9.39 Å². The van der Waals surface area contributed by atoms with Gasteiger partial charge in [0.25, 0.3) is 0 Å². The molecule has 0 spiro atoms. The molecule has 0 aliphatic carbocycles. The van der Waals surface area contributed by atoms with Gasteiger partial charge in [0.2, 0.25) is 0 Å². The van der Waals surface area contributed by atoms with E-state index in [9.17, 15) is 0 Å². The first-order valence-electron chi connectivity index (χ1n) is 5.32. The average molecular weight is 245 g/mol. The van der Waals surface area contributed by atoms with Crippen molar-refractivity contribution in [3.8, 4) is 22.6 Å². The zero-order valence-corrected chi connectivity index (χ0v) is 9.78. The Balaban J connectivity index is 2.39. The van der Waals surface area contributed by atoms with Gasteiger partial charge in [0, 0.05) is 12.4 Å². The molecule has 0 atom stereocenters. The first kappa shape index (κ1) is 12.4. The Morgan fingerprint density at radius 2 is 1.72 bits per heavy atom. The Morgan fingerprint density at radius 3 is 2.33 bits per heavy atom. The predicted octanol–water partition coefficient (Wildman–Crippen LogP) is 1.11. The van der Waals surface area contributed by atoms with Crippen LogP contribution in [0.5, 0.6) is 11.5 Å². The Bertz CT molecular complexity index is 519. The number of pyridine rings is 1. The summed E-state index contributed by atoms with van der Waals surface area (Å²) >= 11 is 0. The molecule has 1 heterocycles. The van der Waals surface area contributed by atoms with Gasteiger partial charge in [0.15, 0.2) is 5.75 Å². The van der Waals surface area contributed by atoms with E-state index in [2.05, 4.69) is 4.98 Å². The maximum absolute atomic E-state index is 8.86. The third kappa shape index (κ3) is 2.79. The highest BCUT2D eigenvalue weighted by atomic mass is 16.6. The molecule has 0 aliphatic heterocycles. The molecule has 5 nitrogen and oxygen atoms in total. The molecule has 0 saturated heterocycles. The van der Waals surface area contributed by atoms with Crippen molar-refractivity contribution in [1.82, 2.24) is 4.98 Å². The van der Waals surface area contributed by atoms with Crippen molar-refractivity contribution in [2.24, 2.45) is 0 Å². The summed E-state index contributed by atoms with van der Waals surface area (Å²) in [5.41, 5.74) is 1.82. The number of aromatic nitrogens is 1. The molecule has 1 aromatic heterocycles. The molecular formula is C12H12BNO4. The minimum atomic E-state index is -1.88. The summed E-state index contributed by atoms with van der Waals surface area (Å²) < 4.78 is 9.95. The monoisotopic (exact) mass is 245 g/mol. The smallest absolute Gasteiger partial charge is 0.509 e. The van der Waals surface area contributed by atoms with Crippen LogP contribution in [-0.4, -0.2) is 29.5 Å². The number of hydrogen-bond donors (Lipinski definition) is 2. The van der Waals surface area contributed by atoms with Crippen molar-refractivity contribution < 1.29 is 19.4 Å². The van der Waals surface area contributed by atoms with Crippen molar-refractivity contribution >= 4 is 7.32 Å². The lowest BCUT2D eigenvalue weighted by atomic mass is 10.1. The predicted molar refractivity (Wildman–Crippen MR) is 67.0 cm³/mol. The summed E-state index contributed by atoms with van der Waals surface area (Å²) in [6.07, 6.45) is 3.36. The van der Waals surface area contributed by atoms with Gasteiger partial charge in [-0.15, -0.1) is 0 Å². The summed E-state index contributed by atoms with van der Waals surface area (Å²) in [4.78, 5) is 3.94. The number of benzene rings is 1. The molecule has 2 N–H and O–H groups in total. The maximum Gasteiger partial charge on any atom is 0.707 e. The van der Waals surface area contributed by atoms with Gasteiger partial charge in [-0.3, -0.25) is 4.98 Å². The van der Waals surface area contributed by atoms with Crippen molar-refractivity contribution in [3.63, 3.8) is 0 Å². The lowest BCUT2D eigenvalue weighted by Crippen LogP contribution is -2.20. The normalized spacial score (nSPS) is 9.94. The molecule has 0 saturated carbocycles. The number of nitrogens with zero attached hydrogens (tertiary/aromatic N) is 1. The molecule has 18 heavy (non-hydrogen) atoms. The molecule has 2 rings (SSSR count). The Morgan fingerprint density at radius 1 is 1.00 bits per heavy atom. The summed E-state index contributed by atoms with van der Waals surface area (Å²) in [5.74, 6) is 0.697. The maximum atomic E-state index is 8.86. The van der Waals surface area contributed by atoms with E-state index >= 15 is 0 Å². The average Bonchev–Trinajstić information content (AvgIpc) is 2.39. The highest BCUT2D eigenvalue weighted by Crippen LogP contribution is 2.32. The molecule has 0 bridgehead atoms. The lowest BCUT2D eigenvalue weighted by Gasteiger charge is -2.11. The van der Waals surface area contributed by atoms with Gasteiger partial charge in [-0.25, -0.2) is 0 Å². The Labute approximate surface area is 105 Å². The fraction of sp³-hybridized carbons (Fsp3) is 0.0833. The van der Waals surface area contributed by atoms with E-state index in [1.54, 1.807) is 24.5 Å². The minimum Gasteiger partial charge on any atom is -0.509 e. The quantitative estimate of drug-likeness (QED) is 0.789. The molecule has 0 fully saturated rings. The fourth-order valence-corrected chi connectivity index (χ4v) is 1.61. The number of methoxy groups -OCH3 is 1. The van der Waals surface area contributed by atoms with Crippen LogP contribution in [-0.2, 0) is 0 Å². The van der Waals surface area contributed by atoms with E-state index in [1.807, 2.05) is 18.2 Å². The molecule has 1 aromatic carbocycles. The van der Waals surface area contributed by atoms with E-state index < -0.39 is 7.32 Å². The first-order chi connectivity index (χ1) is 8.70. The molecular weight excluding hydrogens is 233 g/mol. The van der Waals surface area contributed by atoms with Crippen LogP contribution in [0.3, 0.4) is 0 Å². The molecule has 6 heteroatoms. The number of hydrogen-bond acceptors (Lipinski definition) is 5. The molecule has 0 amide bonds. The van der Waals surface area contributed by atoms with E-state index in [4.69, 9.17) is 19.4 Å². The van der Waals surface area contributed by atoms with Crippen molar-refractivity contribution in [1.29, 1.82) is 0 Å². The van der Waals surface area contributed by atoms with Crippen LogP contribution in [0.1, 0.15) is 0 Å². The highest BCUT2D eigenvalue weighted by molar-refractivity contribution is 6.33. The molecule has 0 unspecified atom stereocenters. The van der Waals surface area contributed by atoms with Gasteiger partial charge in [-0.2, -0.15) is 0 Å². The summed E-state index contributed by atoms with van der Waals surface area (Å²) in [6.45, 7) is 0. The summed E-state index contributed by atoms with van der Waals surface area (Å²) in [5, 5.41) is 17.7. The van der Waals surface area contributed by atoms with Crippen molar-refractivity contribution in [3.05, 3.63) is 42.7 Å². The summed E-state index contributed by atoms with van der Waals surface area (Å²) in [7, 11) is -0.399. The third-order valence-corrected chi connectivity index (χ3v) is 2.41. The third-order valence-electron chi connectivity index (χ3n) is 2.41. The molecule has 0 aliphatic rings. The van der Waals surface area contributed by atoms with Gasteiger partial charge in [0.1, 0.15) is 5.75 Å².